The summed E-state index contributed by atoms with van der Waals surface area (Å²) in [6.07, 6.45) is 0.111. The van der Waals surface area contributed by atoms with Crippen LogP contribution in [0.2, 0.25) is 0 Å². The smallest absolute Gasteiger partial charge is 0.390 e. The van der Waals surface area contributed by atoms with Crippen LogP contribution in [0, 0.1) is 5.92 Å². The molecule has 5 nitrogen and oxygen atoms in total. The second-order valence-electron chi connectivity index (χ2n) is 7.91. The van der Waals surface area contributed by atoms with Crippen molar-refractivity contribution in [2.24, 2.45) is 11.1 Å². The van der Waals surface area contributed by atoms with E-state index >= 15 is 0 Å². The second-order valence-corrected chi connectivity index (χ2v) is 9.52. The quantitative estimate of drug-likeness (QED) is 0.448. The van der Waals surface area contributed by atoms with Crippen molar-refractivity contribution >= 4 is 29.6 Å². The predicted molar refractivity (Wildman–Crippen MR) is 127 cm³/mol. The number of piperidine rings is 1. The molecule has 1 saturated heterocycles. The van der Waals surface area contributed by atoms with Gasteiger partial charge in [-0.15, -0.1) is 0 Å². The average Bonchev–Trinajstić information content (AvgIpc) is 2.77. The number of fused-ring (bicyclic) bond motifs is 1. The standard InChI is InChI=1S/C22H29F3N4OS2/c1-3-18-20(4-2)31-21-6-5-16(22(23,24)25)11-19(21)29(18)14-17(30)13-28-9-7-15(8-10-28)12-27-32-26/h3-6,11,15,17,27,30H,1-2,7-10,12-14,26H2. The number of nitrogens with one attached hydrogen (secondary N) is 1. The van der Waals surface area contributed by atoms with Crippen LogP contribution < -0.4 is 14.8 Å². The van der Waals surface area contributed by atoms with E-state index in [9.17, 15) is 18.3 Å². The lowest BCUT2D eigenvalue weighted by Crippen LogP contribution is -2.44. The minimum atomic E-state index is -4.44. The highest BCUT2D eigenvalue weighted by Gasteiger charge is 2.34. The summed E-state index contributed by atoms with van der Waals surface area (Å²) in [6.45, 7) is 10.9. The first kappa shape index (κ1) is 25.2. The maximum Gasteiger partial charge on any atom is 0.416 e. The van der Waals surface area contributed by atoms with Gasteiger partial charge in [0, 0.05) is 35.0 Å². The van der Waals surface area contributed by atoms with E-state index < -0.39 is 17.8 Å². The molecule has 2 heterocycles. The molecule has 176 valence electrons. The van der Waals surface area contributed by atoms with Crippen molar-refractivity contribution in [2.75, 3.05) is 37.6 Å². The number of benzene rings is 1. The van der Waals surface area contributed by atoms with E-state index in [0.29, 0.717) is 28.7 Å². The Balaban J connectivity index is 1.74. The topological polar surface area (TPSA) is 64.8 Å². The minimum absolute atomic E-state index is 0.166. The Kier molecular flexibility index (Phi) is 8.76. The molecule has 0 aliphatic carbocycles. The number of nitrogens with two attached hydrogens (primary N) is 1. The largest absolute Gasteiger partial charge is 0.416 e. The van der Waals surface area contributed by atoms with E-state index in [2.05, 4.69) is 22.8 Å². The number of β-amino-alcohol motifs (C(OH)–C–C–N with tert-alkyl or cyclic N) is 1. The molecule has 1 atom stereocenters. The van der Waals surface area contributed by atoms with E-state index in [4.69, 9.17) is 5.14 Å². The molecule has 1 aromatic rings. The third-order valence-electron chi connectivity index (χ3n) is 5.74. The summed E-state index contributed by atoms with van der Waals surface area (Å²) in [5.74, 6) is 0.552. The van der Waals surface area contributed by atoms with Gasteiger partial charge < -0.3 is 14.9 Å². The summed E-state index contributed by atoms with van der Waals surface area (Å²) >= 11 is 2.48. The summed E-state index contributed by atoms with van der Waals surface area (Å²) in [5.41, 5.74) is 0.363. The minimum Gasteiger partial charge on any atom is -0.390 e. The number of aliphatic hydroxyl groups is 1. The normalized spacial score (nSPS) is 19.1. The van der Waals surface area contributed by atoms with Crippen LogP contribution in [0.25, 0.3) is 0 Å². The van der Waals surface area contributed by atoms with Gasteiger partial charge in [0.25, 0.3) is 0 Å². The molecule has 0 spiro atoms. The SMILES string of the molecule is C=CC1=C(C=C)N(CC(O)CN2CCC(CNSN)CC2)c2cc(C(F)(F)F)ccc2S1. The Morgan fingerprint density at radius 1 is 1.25 bits per heavy atom. The molecule has 10 heteroatoms. The van der Waals surface area contributed by atoms with Crippen molar-refractivity contribution in [3.63, 3.8) is 0 Å². The first-order valence-electron chi connectivity index (χ1n) is 10.4. The van der Waals surface area contributed by atoms with Crippen molar-refractivity contribution in [3.05, 3.63) is 59.7 Å². The van der Waals surface area contributed by atoms with E-state index in [0.717, 1.165) is 61.6 Å². The Bertz CT molecular complexity index is 854. The fourth-order valence-electron chi connectivity index (χ4n) is 4.08. The molecule has 2 aliphatic heterocycles. The van der Waals surface area contributed by atoms with Gasteiger partial charge in [-0.2, -0.15) is 13.2 Å². The first-order chi connectivity index (χ1) is 15.3. The van der Waals surface area contributed by atoms with Gasteiger partial charge in [-0.1, -0.05) is 31.0 Å². The molecule has 1 unspecified atom stereocenters. The first-order valence-corrected chi connectivity index (χ1v) is 12.1. The maximum absolute atomic E-state index is 13.3. The highest BCUT2D eigenvalue weighted by atomic mass is 32.2. The predicted octanol–water partition coefficient (Wildman–Crippen LogP) is 4.39. The maximum atomic E-state index is 13.3. The number of hydrogen-bond acceptors (Lipinski definition) is 7. The van der Waals surface area contributed by atoms with Gasteiger partial charge >= 0.3 is 6.18 Å². The number of alkyl halides is 3. The fourth-order valence-corrected chi connectivity index (χ4v) is 5.44. The van der Waals surface area contributed by atoms with Gasteiger partial charge in [0.2, 0.25) is 0 Å². The van der Waals surface area contributed by atoms with E-state index in [1.807, 2.05) is 0 Å². The van der Waals surface area contributed by atoms with Gasteiger partial charge in [-0.3, -0.25) is 9.86 Å². The van der Waals surface area contributed by atoms with Gasteiger partial charge in [0.15, 0.2) is 0 Å². The van der Waals surface area contributed by atoms with Crippen molar-refractivity contribution < 1.29 is 18.3 Å². The highest BCUT2D eigenvalue weighted by Crippen LogP contribution is 2.46. The van der Waals surface area contributed by atoms with Gasteiger partial charge in [-0.25, -0.2) is 0 Å². The van der Waals surface area contributed by atoms with Crippen LogP contribution in [-0.4, -0.2) is 48.8 Å². The van der Waals surface area contributed by atoms with Crippen LogP contribution in [0.5, 0.6) is 0 Å². The van der Waals surface area contributed by atoms with Crippen LogP contribution >= 0.6 is 23.9 Å². The number of allylic oxidation sites excluding steroid dienone is 2. The average molecular weight is 487 g/mol. The number of anilines is 1. The zero-order valence-electron chi connectivity index (χ0n) is 17.8. The lowest BCUT2D eigenvalue weighted by Gasteiger charge is -2.37. The number of rotatable bonds is 9. The molecule has 0 radical (unpaired) electrons. The Morgan fingerprint density at radius 2 is 1.97 bits per heavy atom. The fraction of sp³-hybridized carbons (Fsp3) is 0.455. The highest BCUT2D eigenvalue weighted by molar-refractivity contribution is 8.03. The van der Waals surface area contributed by atoms with Gasteiger partial charge in [0.05, 0.1) is 29.6 Å². The molecule has 3 rings (SSSR count). The van der Waals surface area contributed by atoms with Crippen molar-refractivity contribution in [1.82, 2.24) is 9.62 Å². The molecule has 0 bridgehead atoms. The lowest BCUT2D eigenvalue weighted by atomic mass is 9.97. The van der Waals surface area contributed by atoms with Crippen LogP contribution in [0.15, 0.2) is 59.0 Å². The molecule has 32 heavy (non-hydrogen) atoms. The van der Waals surface area contributed by atoms with Crippen LogP contribution in [0.3, 0.4) is 0 Å². The number of likely N-dealkylation sites (tertiary alicyclic amines) is 1. The second kappa shape index (κ2) is 11.1. The zero-order chi connectivity index (χ0) is 23.3. The molecule has 0 aromatic heterocycles. The Hall–Kier alpha value is -1.43. The van der Waals surface area contributed by atoms with Gasteiger partial charge in [0.1, 0.15) is 0 Å². The van der Waals surface area contributed by atoms with E-state index in [-0.39, 0.29) is 6.54 Å². The van der Waals surface area contributed by atoms with E-state index in [1.54, 1.807) is 17.1 Å². The molecule has 0 amide bonds. The number of nitrogens with zero attached hydrogens (tertiary/aromatic N) is 2. The van der Waals surface area contributed by atoms with Crippen molar-refractivity contribution in [3.8, 4) is 0 Å². The monoisotopic (exact) mass is 486 g/mol. The summed E-state index contributed by atoms with van der Waals surface area (Å²) < 4.78 is 43.1. The number of hydrogen-bond donors (Lipinski definition) is 3. The van der Waals surface area contributed by atoms with E-state index in [1.165, 1.54) is 17.8 Å². The molecule has 1 aromatic carbocycles. The summed E-state index contributed by atoms with van der Waals surface area (Å²) in [5, 5.41) is 16.3. The zero-order valence-corrected chi connectivity index (χ0v) is 19.4. The summed E-state index contributed by atoms with van der Waals surface area (Å²) in [6, 6.07) is 3.71. The van der Waals surface area contributed by atoms with Crippen LogP contribution in [0.1, 0.15) is 18.4 Å². The summed E-state index contributed by atoms with van der Waals surface area (Å²) in [7, 11) is 0. The molecular formula is C22H29F3N4OS2. The molecule has 0 saturated carbocycles. The van der Waals surface area contributed by atoms with Crippen LogP contribution in [0.4, 0.5) is 18.9 Å². The van der Waals surface area contributed by atoms with Gasteiger partial charge in [-0.05, 0) is 56.1 Å². The van der Waals surface area contributed by atoms with Crippen molar-refractivity contribution in [2.45, 2.75) is 30.0 Å². The third-order valence-corrected chi connectivity index (χ3v) is 7.24. The Morgan fingerprint density at radius 3 is 2.56 bits per heavy atom. The summed E-state index contributed by atoms with van der Waals surface area (Å²) in [4.78, 5) is 5.42. The molecule has 4 N–H and O–H groups in total. The Labute approximate surface area is 195 Å². The molecule has 2 aliphatic rings. The lowest BCUT2D eigenvalue weighted by molar-refractivity contribution is -0.137. The van der Waals surface area contributed by atoms with Crippen molar-refractivity contribution in [1.29, 1.82) is 0 Å². The number of thioether (sulfide) groups is 1. The third kappa shape index (κ3) is 6.12. The number of halogens is 3. The molecule has 1 fully saturated rings. The number of aliphatic hydroxyl groups excluding tert-OH is 1. The van der Waals surface area contributed by atoms with Crippen LogP contribution in [-0.2, 0) is 6.18 Å². The molecular weight excluding hydrogens is 457 g/mol.